The van der Waals surface area contributed by atoms with Crippen LogP contribution in [-0.2, 0) is 4.79 Å². The van der Waals surface area contributed by atoms with Gasteiger partial charge in [0, 0.05) is 11.3 Å². The van der Waals surface area contributed by atoms with Crippen LogP contribution in [0, 0.1) is 5.41 Å². The van der Waals surface area contributed by atoms with E-state index in [0.29, 0.717) is 11.3 Å². The number of rotatable bonds is 3. The monoisotopic (exact) mass is 162 g/mol. The molecule has 0 saturated carbocycles. The van der Waals surface area contributed by atoms with Gasteiger partial charge in [-0.15, -0.1) is 0 Å². The third kappa shape index (κ3) is 1.82. The van der Waals surface area contributed by atoms with E-state index in [4.69, 9.17) is 11.1 Å². The first-order chi connectivity index (χ1) is 5.74. The van der Waals surface area contributed by atoms with Crippen molar-refractivity contribution in [3.63, 3.8) is 0 Å². The van der Waals surface area contributed by atoms with Crippen LogP contribution in [0.2, 0.25) is 0 Å². The molecule has 1 rings (SSSR count). The van der Waals surface area contributed by atoms with Crippen LogP contribution in [0.4, 0.5) is 5.69 Å². The van der Waals surface area contributed by atoms with Gasteiger partial charge in [-0.25, -0.2) is 0 Å². The highest BCUT2D eigenvalue weighted by atomic mass is 16.1. The van der Waals surface area contributed by atoms with Crippen molar-refractivity contribution >= 4 is 17.9 Å². The van der Waals surface area contributed by atoms with E-state index in [1.54, 1.807) is 24.3 Å². The second-order valence-corrected chi connectivity index (χ2v) is 2.22. The van der Waals surface area contributed by atoms with Crippen molar-refractivity contribution in [2.45, 2.75) is 0 Å². The summed E-state index contributed by atoms with van der Waals surface area (Å²) in [6, 6.07) is 6.69. The zero-order valence-corrected chi connectivity index (χ0v) is 6.29. The summed E-state index contributed by atoms with van der Waals surface area (Å²) < 4.78 is 0. The SMILES string of the molecule is N=C(N)c1cccc(N[C]=O)c1. The molecule has 0 aliphatic rings. The van der Waals surface area contributed by atoms with E-state index < -0.39 is 0 Å². The summed E-state index contributed by atoms with van der Waals surface area (Å²) >= 11 is 0. The van der Waals surface area contributed by atoms with Gasteiger partial charge in [-0.05, 0) is 12.1 Å². The Hall–Kier alpha value is -1.84. The lowest BCUT2D eigenvalue weighted by atomic mass is 10.2. The molecule has 1 aromatic carbocycles. The molecule has 61 valence electrons. The van der Waals surface area contributed by atoms with E-state index in [2.05, 4.69) is 5.32 Å². The highest BCUT2D eigenvalue weighted by Crippen LogP contribution is 2.08. The van der Waals surface area contributed by atoms with Crippen LogP contribution < -0.4 is 11.1 Å². The molecule has 1 amide bonds. The molecule has 12 heavy (non-hydrogen) atoms. The second-order valence-electron chi connectivity index (χ2n) is 2.22. The first-order valence-electron chi connectivity index (χ1n) is 3.31. The predicted molar refractivity (Wildman–Crippen MR) is 46.8 cm³/mol. The topological polar surface area (TPSA) is 79.0 Å². The molecule has 4 N–H and O–H groups in total. The summed E-state index contributed by atoms with van der Waals surface area (Å²) in [5.41, 5.74) is 6.40. The summed E-state index contributed by atoms with van der Waals surface area (Å²) in [5.74, 6) is -0.0236. The maximum atomic E-state index is 9.93. The maximum absolute atomic E-state index is 9.93. The average Bonchev–Trinajstić information content (AvgIpc) is 2.05. The molecule has 4 nitrogen and oxygen atoms in total. The summed E-state index contributed by atoms with van der Waals surface area (Å²) in [6.45, 7) is 0. The zero-order chi connectivity index (χ0) is 8.97. The Morgan fingerprint density at radius 3 is 2.92 bits per heavy atom. The Bertz CT molecular complexity index is 309. The predicted octanol–water partition coefficient (Wildman–Crippen LogP) is 0.450. The Morgan fingerprint density at radius 1 is 1.58 bits per heavy atom. The number of nitrogen functional groups attached to an aromatic ring is 1. The lowest BCUT2D eigenvalue weighted by molar-refractivity contribution is 0.561. The van der Waals surface area contributed by atoms with E-state index in [0.717, 1.165) is 0 Å². The maximum Gasteiger partial charge on any atom is 0.314 e. The number of nitrogens with two attached hydrogens (primary N) is 1. The minimum atomic E-state index is -0.0236. The van der Waals surface area contributed by atoms with Gasteiger partial charge in [0.25, 0.3) is 0 Å². The summed E-state index contributed by atoms with van der Waals surface area (Å²) in [7, 11) is 0. The standard InChI is InChI=1S/C8H8N3O/c9-8(10)6-2-1-3-7(4-6)11-5-12/h1-4H,(H3,9,10)(H,11,12). The van der Waals surface area contributed by atoms with Gasteiger partial charge >= 0.3 is 6.41 Å². The third-order valence-corrected chi connectivity index (χ3v) is 1.37. The van der Waals surface area contributed by atoms with Gasteiger partial charge in [0.05, 0.1) is 0 Å². The van der Waals surface area contributed by atoms with Crippen molar-refractivity contribution in [2.75, 3.05) is 5.32 Å². The molecule has 0 saturated heterocycles. The van der Waals surface area contributed by atoms with Crippen molar-refractivity contribution in [3.8, 4) is 0 Å². The molecule has 0 unspecified atom stereocenters. The van der Waals surface area contributed by atoms with Gasteiger partial charge in [-0.3, -0.25) is 10.2 Å². The molecular formula is C8H8N3O. The Balaban J connectivity index is 2.95. The number of hydrogen-bond acceptors (Lipinski definition) is 2. The Morgan fingerprint density at radius 2 is 2.33 bits per heavy atom. The summed E-state index contributed by atoms with van der Waals surface area (Å²) in [4.78, 5) is 9.93. The van der Waals surface area contributed by atoms with Crippen LogP contribution in [0.15, 0.2) is 24.3 Å². The molecule has 0 heterocycles. The van der Waals surface area contributed by atoms with E-state index in [1.165, 1.54) is 6.41 Å². The molecule has 1 aromatic rings. The average molecular weight is 162 g/mol. The molecule has 0 fully saturated rings. The van der Waals surface area contributed by atoms with Gasteiger partial charge in [0.15, 0.2) is 0 Å². The van der Waals surface area contributed by atoms with Crippen molar-refractivity contribution in [1.82, 2.24) is 0 Å². The molecule has 4 heteroatoms. The van der Waals surface area contributed by atoms with E-state index in [9.17, 15) is 4.79 Å². The highest BCUT2D eigenvalue weighted by Gasteiger charge is 1.96. The Kier molecular flexibility index (Phi) is 2.42. The lowest BCUT2D eigenvalue weighted by Crippen LogP contribution is -2.11. The largest absolute Gasteiger partial charge is 0.384 e. The van der Waals surface area contributed by atoms with Crippen LogP contribution in [0.5, 0.6) is 0 Å². The number of benzene rings is 1. The number of nitrogens with one attached hydrogen (secondary N) is 2. The number of carbonyl (C=O) groups excluding carboxylic acids is 1. The van der Waals surface area contributed by atoms with Crippen molar-refractivity contribution in [2.24, 2.45) is 5.73 Å². The zero-order valence-electron chi connectivity index (χ0n) is 6.29. The van der Waals surface area contributed by atoms with Gasteiger partial charge < -0.3 is 11.1 Å². The fourth-order valence-electron chi connectivity index (χ4n) is 0.823. The van der Waals surface area contributed by atoms with Crippen molar-refractivity contribution in [3.05, 3.63) is 29.8 Å². The number of amidine groups is 1. The van der Waals surface area contributed by atoms with E-state index in [-0.39, 0.29) is 5.84 Å². The molecule has 0 atom stereocenters. The van der Waals surface area contributed by atoms with Crippen LogP contribution in [0.3, 0.4) is 0 Å². The number of anilines is 1. The molecule has 0 spiro atoms. The summed E-state index contributed by atoms with van der Waals surface area (Å²) in [6.07, 6.45) is 1.54. The molecule has 0 aliphatic carbocycles. The minimum absolute atomic E-state index is 0.0236. The molecule has 0 aliphatic heterocycles. The summed E-state index contributed by atoms with van der Waals surface area (Å²) in [5, 5.41) is 9.46. The lowest BCUT2D eigenvalue weighted by Gasteiger charge is -2.00. The number of hydrogen-bond donors (Lipinski definition) is 3. The fraction of sp³-hybridized carbons (Fsp3) is 0. The van der Waals surface area contributed by atoms with E-state index >= 15 is 0 Å². The van der Waals surface area contributed by atoms with Gasteiger partial charge in [0.2, 0.25) is 0 Å². The first-order valence-corrected chi connectivity index (χ1v) is 3.31. The molecule has 0 aromatic heterocycles. The van der Waals surface area contributed by atoms with Gasteiger partial charge in [0.1, 0.15) is 5.84 Å². The second kappa shape index (κ2) is 3.52. The number of amides is 1. The van der Waals surface area contributed by atoms with Crippen molar-refractivity contribution in [1.29, 1.82) is 5.41 Å². The van der Waals surface area contributed by atoms with E-state index in [1.807, 2.05) is 0 Å². The highest BCUT2D eigenvalue weighted by molar-refractivity contribution is 5.96. The minimum Gasteiger partial charge on any atom is -0.384 e. The van der Waals surface area contributed by atoms with Crippen LogP contribution in [0.1, 0.15) is 5.56 Å². The first kappa shape index (κ1) is 8.26. The Labute approximate surface area is 69.9 Å². The van der Waals surface area contributed by atoms with Gasteiger partial charge in [-0.2, -0.15) is 0 Å². The van der Waals surface area contributed by atoms with Gasteiger partial charge in [-0.1, -0.05) is 12.1 Å². The fourth-order valence-corrected chi connectivity index (χ4v) is 0.823. The van der Waals surface area contributed by atoms with Crippen molar-refractivity contribution < 1.29 is 4.79 Å². The molecule has 0 bridgehead atoms. The van der Waals surface area contributed by atoms with Crippen LogP contribution >= 0.6 is 0 Å². The smallest absolute Gasteiger partial charge is 0.314 e. The molecule has 1 radical (unpaired) electrons. The quantitative estimate of drug-likeness (QED) is 0.342. The van der Waals surface area contributed by atoms with Crippen LogP contribution in [-0.4, -0.2) is 12.2 Å². The third-order valence-electron chi connectivity index (χ3n) is 1.37. The molecular weight excluding hydrogens is 154 g/mol. The van der Waals surface area contributed by atoms with Crippen LogP contribution in [0.25, 0.3) is 0 Å². The normalized spacial score (nSPS) is 9.00.